The Morgan fingerprint density at radius 3 is 2.47 bits per heavy atom. The minimum absolute atomic E-state index is 0.0490. The van der Waals surface area contributed by atoms with E-state index in [4.69, 9.17) is 14.2 Å². The summed E-state index contributed by atoms with van der Waals surface area (Å²) < 4.78 is 15.5. The largest absolute Gasteiger partial charge is 0.493 e. The van der Waals surface area contributed by atoms with E-state index in [9.17, 15) is 9.59 Å². The number of benzene rings is 2. The van der Waals surface area contributed by atoms with Crippen LogP contribution in [0.3, 0.4) is 0 Å². The van der Waals surface area contributed by atoms with Crippen molar-refractivity contribution in [1.29, 1.82) is 0 Å². The second-order valence-electron chi connectivity index (χ2n) is 6.42. The van der Waals surface area contributed by atoms with E-state index in [0.29, 0.717) is 22.8 Å². The van der Waals surface area contributed by atoms with Crippen LogP contribution in [-0.4, -0.2) is 37.6 Å². The number of esters is 1. The van der Waals surface area contributed by atoms with Gasteiger partial charge in [-0.3, -0.25) is 9.59 Å². The highest BCUT2D eigenvalue weighted by molar-refractivity contribution is 7.13. The number of carbonyl (C=O) groups is 2. The van der Waals surface area contributed by atoms with E-state index in [1.54, 1.807) is 18.2 Å². The zero-order chi connectivity index (χ0) is 21.5. The summed E-state index contributed by atoms with van der Waals surface area (Å²) in [5.74, 6) is -0.0145. The van der Waals surface area contributed by atoms with Gasteiger partial charge in [0.15, 0.2) is 11.5 Å². The molecule has 0 aliphatic carbocycles. The predicted octanol–water partition coefficient (Wildman–Crippen LogP) is 3.61. The second kappa shape index (κ2) is 9.89. The van der Waals surface area contributed by atoms with Gasteiger partial charge in [0, 0.05) is 16.5 Å². The van der Waals surface area contributed by atoms with Crippen molar-refractivity contribution in [3.05, 3.63) is 64.7 Å². The van der Waals surface area contributed by atoms with Crippen molar-refractivity contribution in [3.63, 3.8) is 0 Å². The monoisotopic (exact) mass is 426 g/mol. The number of methoxy groups -OCH3 is 2. The Balaban J connectivity index is 1.49. The first kappa shape index (κ1) is 21.3. The summed E-state index contributed by atoms with van der Waals surface area (Å²) >= 11 is 1.49. The molecule has 7 nitrogen and oxygen atoms in total. The van der Waals surface area contributed by atoms with Crippen LogP contribution in [0.5, 0.6) is 11.5 Å². The molecule has 1 N–H and O–H groups in total. The summed E-state index contributed by atoms with van der Waals surface area (Å²) in [5, 5.41) is 5.25. The predicted molar refractivity (Wildman–Crippen MR) is 114 cm³/mol. The van der Waals surface area contributed by atoms with Gasteiger partial charge in [-0.15, -0.1) is 11.3 Å². The highest BCUT2D eigenvalue weighted by atomic mass is 32.1. The number of nitrogens with zero attached hydrogens (tertiary/aromatic N) is 1. The maximum absolute atomic E-state index is 12.2. The first-order valence-corrected chi connectivity index (χ1v) is 10.1. The number of rotatable bonds is 8. The number of aromatic nitrogens is 1. The lowest BCUT2D eigenvalue weighted by Crippen LogP contribution is -2.30. The molecule has 0 atom stereocenters. The van der Waals surface area contributed by atoms with Gasteiger partial charge in [0.05, 0.1) is 19.9 Å². The number of thiazole rings is 1. The highest BCUT2D eigenvalue weighted by Gasteiger charge is 2.13. The fraction of sp³-hybridized carbons (Fsp3) is 0.227. The zero-order valence-electron chi connectivity index (χ0n) is 16.9. The first-order chi connectivity index (χ1) is 14.5. The van der Waals surface area contributed by atoms with Crippen LogP contribution in [-0.2, 0) is 16.1 Å². The molecule has 156 valence electrons. The molecule has 1 aromatic heterocycles. The van der Waals surface area contributed by atoms with E-state index in [1.807, 2.05) is 36.6 Å². The molecular formula is C22H22N2O5S. The molecule has 0 aliphatic heterocycles. The Morgan fingerprint density at radius 2 is 1.77 bits per heavy atom. The average Bonchev–Trinajstić information content (AvgIpc) is 3.25. The van der Waals surface area contributed by atoms with Gasteiger partial charge in [-0.1, -0.05) is 29.8 Å². The van der Waals surface area contributed by atoms with E-state index in [0.717, 1.165) is 10.6 Å². The fourth-order valence-corrected chi connectivity index (χ4v) is 3.45. The number of amides is 1. The quantitative estimate of drug-likeness (QED) is 0.554. The van der Waals surface area contributed by atoms with Crippen LogP contribution in [0.1, 0.15) is 21.6 Å². The standard InChI is InChI=1S/C22H22N2O5S/c1-14-4-6-15(7-5-14)22-24-17(13-30-22)12-29-20(25)11-23-21(26)16-8-9-18(27-2)19(10-16)28-3/h4-10,13H,11-12H2,1-3H3,(H,23,26). The van der Waals surface area contributed by atoms with Gasteiger partial charge in [0.2, 0.25) is 0 Å². The van der Waals surface area contributed by atoms with E-state index < -0.39 is 11.9 Å². The van der Waals surface area contributed by atoms with Crippen molar-refractivity contribution in [2.45, 2.75) is 13.5 Å². The molecule has 0 saturated carbocycles. The molecule has 3 aromatic rings. The molecule has 0 saturated heterocycles. The van der Waals surface area contributed by atoms with Gasteiger partial charge < -0.3 is 19.5 Å². The number of ether oxygens (including phenoxy) is 3. The molecule has 0 spiro atoms. The molecule has 0 bridgehead atoms. The van der Waals surface area contributed by atoms with Gasteiger partial charge in [-0.25, -0.2) is 4.98 Å². The SMILES string of the molecule is COc1ccc(C(=O)NCC(=O)OCc2csc(-c3ccc(C)cc3)n2)cc1OC. The lowest BCUT2D eigenvalue weighted by molar-refractivity contribution is -0.143. The normalized spacial score (nSPS) is 10.4. The van der Waals surface area contributed by atoms with Gasteiger partial charge in [-0.05, 0) is 25.1 Å². The van der Waals surface area contributed by atoms with Gasteiger partial charge in [0.25, 0.3) is 5.91 Å². The zero-order valence-corrected chi connectivity index (χ0v) is 17.7. The van der Waals surface area contributed by atoms with Crippen LogP contribution in [0.2, 0.25) is 0 Å². The summed E-state index contributed by atoms with van der Waals surface area (Å²) in [7, 11) is 3.00. The van der Waals surface area contributed by atoms with Crippen LogP contribution in [0.15, 0.2) is 47.8 Å². The molecule has 2 aromatic carbocycles. The molecule has 0 fully saturated rings. The lowest BCUT2D eigenvalue weighted by atomic mass is 10.2. The first-order valence-electron chi connectivity index (χ1n) is 9.17. The molecular weight excluding hydrogens is 404 g/mol. The fourth-order valence-electron chi connectivity index (χ4n) is 2.64. The summed E-state index contributed by atoms with van der Waals surface area (Å²) in [4.78, 5) is 28.7. The van der Waals surface area contributed by atoms with Crippen molar-refractivity contribution in [2.75, 3.05) is 20.8 Å². The molecule has 0 aliphatic rings. The molecule has 1 amide bonds. The lowest BCUT2D eigenvalue weighted by Gasteiger charge is -2.10. The third kappa shape index (κ3) is 5.36. The van der Waals surface area contributed by atoms with Crippen molar-refractivity contribution >= 4 is 23.2 Å². The number of nitrogens with one attached hydrogen (secondary N) is 1. The molecule has 3 rings (SSSR count). The van der Waals surface area contributed by atoms with Gasteiger partial charge in [0.1, 0.15) is 18.2 Å². The van der Waals surface area contributed by atoms with Crippen LogP contribution in [0.25, 0.3) is 10.6 Å². The summed E-state index contributed by atoms with van der Waals surface area (Å²) in [6.45, 7) is 1.83. The Kier molecular flexibility index (Phi) is 7.03. The summed E-state index contributed by atoms with van der Waals surface area (Å²) in [6, 6.07) is 12.8. The maximum Gasteiger partial charge on any atom is 0.325 e. The summed E-state index contributed by atoms with van der Waals surface area (Å²) in [6.07, 6.45) is 0. The number of aryl methyl sites for hydroxylation is 1. The van der Waals surface area contributed by atoms with Crippen LogP contribution >= 0.6 is 11.3 Å². The van der Waals surface area contributed by atoms with Crippen molar-refractivity contribution in [1.82, 2.24) is 10.3 Å². The maximum atomic E-state index is 12.2. The van der Waals surface area contributed by atoms with Gasteiger partial charge >= 0.3 is 5.97 Å². The van der Waals surface area contributed by atoms with Crippen LogP contribution < -0.4 is 14.8 Å². The molecule has 1 heterocycles. The number of carbonyl (C=O) groups excluding carboxylic acids is 2. The molecule has 0 radical (unpaired) electrons. The summed E-state index contributed by atoms with van der Waals surface area (Å²) in [5.41, 5.74) is 3.21. The van der Waals surface area contributed by atoms with Gasteiger partial charge in [-0.2, -0.15) is 0 Å². The average molecular weight is 426 g/mol. The topological polar surface area (TPSA) is 86.8 Å². The second-order valence-corrected chi connectivity index (χ2v) is 7.28. The van der Waals surface area contributed by atoms with Crippen molar-refractivity contribution in [2.24, 2.45) is 0 Å². The van der Waals surface area contributed by atoms with E-state index >= 15 is 0 Å². The molecule has 8 heteroatoms. The molecule has 0 unspecified atom stereocenters. The van der Waals surface area contributed by atoms with Crippen molar-refractivity contribution < 1.29 is 23.8 Å². The third-order valence-electron chi connectivity index (χ3n) is 4.27. The highest BCUT2D eigenvalue weighted by Crippen LogP contribution is 2.27. The third-order valence-corrected chi connectivity index (χ3v) is 5.21. The number of hydrogen-bond donors (Lipinski definition) is 1. The Bertz CT molecular complexity index is 1030. The minimum atomic E-state index is -0.547. The van der Waals surface area contributed by atoms with E-state index in [-0.39, 0.29) is 13.2 Å². The minimum Gasteiger partial charge on any atom is -0.493 e. The van der Waals surface area contributed by atoms with Crippen LogP contribution in [0.4, 0.5) is 0 Å². The Labute approximate surface area is 178 Å². The number of hydrogen-bond acceptors (Lipinski definition) is 7. The Hall–Kier alpha value is -3.39. The Morgan fingerprint density at radius 1 is 1.03 bits per heavy atom. The van der Waals surface area contributed by atoms with Crippen LogP contribution in [0, 0.1) is 6.92 Å². The van der Waals surface area contributed by atoms with E-state index in [2.05, 4.69) is 10.3 Å². The van der Waals surface area contributed by atoms with Crippen molar-refractivity contribution in [3.8, 4) is 22.1 Å². The molecule has 30 heavy (non-hydrogen) atoms. The van der Waals surface area contributed by atoms with E-state index in [1.165, 1.54) is 31.1 Å². The smallest absolute Gasteiger partial charge is 0.325 e.